The van der Waals surface area contributed by atoms with Gasteiger partial charge in [0.15, 0.2) is 5.69 Å². The number of fused-ring (bicyclic) bond motifs is 1. The summed E-state index contributed by atoms with van der Waals surface area (Å²) in [6.07, 6.45) is 3.32. The first kappa shape index (κ1) is 28.0. The maximum atomic E-state index is 14.4. The Morgan fingerprint density at radius 1 is 1.20 bits per heavy atom. The Bertz CT molecular complexity index is 1580. The van der Waals surface area contributed by atoms with Gasteiger partial charge in [-0.05, 0) is 67.2 Å². The van der Waals surface area contributed by atoms with Gasteiger partial charge in [-0.2, -0.15) is 4.37 Å². The van der Waals surface area contributed by atoms with Gasteiger partial charge in [0.1, 0.15) is 16.7 Å². The molecular weight excluding hydrogens is 544 g/mol. The average Bonchev–Trinajstić information content (AvgIpc) is 3.64. The maximum absolute atomic E-state index is 14.4. The van der Waals surface area contributed by atoms with E-state index in [-0.39, 0.29) is 28.9 Å². The molecule has 1 saturated heterocycles. The summed E-state index contributed by atoms with van der Waals surface area (Å²) >= 11 is 0.746. The Morgan fingerprint density at radius 3 is 2.76 bits per heavy atom. The number of pyridine rings is 1. The number of carbonyl (C=O) groups excluding carboxylic acids is 3. The number of nitrogen functional groups attached to an aromatic ring is 1. The summed E-state index contributed by atoms with van der Waals surface area (Å²) in [5.41, 5.74) is 12.9. The third-order valence-electron chi connectivity index (χ3n) is 6.78. The van der Waals surface area contributed by atoms with E-state index >= 15 is 0 Å². The fourth-order valence-corrected chi connectivity index (χ4v) is 5.58. The summed E-state index contributed by atoms with van der Waals surface area (Å²) in [6.45, 7) is 3.07. The lowest BCUT2D eigenvalue weighted by Gasteiger charge is -2.32. The fourth-order valence-electron chi connectivity index (χ4n) is 4.84. The molecule has 2 aromatic heterocycles. The molecule has 5 rings (SSSR count). The molecule has 0 unspecified atom stereocenters. The summed E-state index contributed by atoms with van der Waals surface area (Å²) in [4.78, 5) is 46.1. The number of aromatic nitrogens is 2. The lowest BCUT2D eigenvalue weighted by Crippen LogP contribution is -2.45. The predicted octanol–water partition coefficient (Wildman–Crippen LogP) is 3.45. The van der Waals surface area contributed by atoms with Crippen molar-refractivity contribution in [3.05, 3.63) is 76.9 Å². The van der Waals surface area contributed by atoms with Gasteiger partial charge in [0.2, 0.25) is 5.91 Å². The van der Waals surface area contributed by atoms with Gasteiger partial charge in [0.05, 0.1) is 29.6 Å². The number of amides is 3. The van der Waals surface area contributed by atoms with Crippen LogP contribution in [-0.4, -0.2) is 52.9 Å². The summed E-state index contributed by atoms with van der Waals surface area (Å²) < 4.78 is 15.6. The number of nitrogens with zero attached hydrogens (tertiary/aromatic N) is 3. The maximum Gasteiger partial charge on any atom is 0.273 e. The van der Waals surface area contributed by atoms with Crippen LogP contribution >= 0.6 is 11.5 Å². The van der Waals surface area contributed by atoms with Crippen LogP contribution in [0.25, 0.3) is 10.9 Å². The molecule has 0 aliphatic carbocycles. The molecule has 1 aliphatic heterocycles. The van der Waals surface area contributed by atoms with Crippen LogP contribution in [0, 0.1) is 0 Å². The Balaban J connectivity index is 1.67. The third-order valence-corrected chi connectivity index (χ3v) is 7.63. The molecule has 2 aromatic carbocycles. The lowest BCUT2D eigenvalue weighted by molar-refractivity contribution is -0.123. The summed E-state index contributed by atoms with van der Waals surface area (Å²) in [5.74, 6) is -1.53. The lowest BCUT2D eigenvalue weighted by atomic mass is 10.00. The van der Waals surface area contributed by atoms with Crippen LogP contribution in [0.3, 0.4) is 0 Å². The zero-order chi connectivity index (χ0) is 28.9. The molecule has 0 bridgehead atoms. The summed E-state index contributed by atoms with van der Waals surface area (Å²) in [7, 11) is 0. The van der Waals surface area contributed by atoms with E-state index in [1.165, 1.54) is 4.90 Å². The van der Waals surface area contributed by atoms with E-state index in [4.69, 9.17) is 20.9 Å². The molecule has 12 heteroatoms. The van der Waals surface area contributed by atoms with Gasteiger partial charge in [-0.3, -0.25) is 24.3 Å². The van der Waals surface area contributed by atoms with Crippen molar-refractivity contribution in [2.75, 3.05) is 30.4 Å². The Kier molecular flexibility index (Phi) is 8.41. The van der Waals surface area contributed by atoms with Gasteiger partial charge in [0, 0.05) is 24.7 Å². The number of rotatable bonds is 10. The van der Waals surface area contributed by atoms with E-state index in [0.717, 1.165) is 35.3 Å². The Labute approximate surface area is 240 Å². The quantitative estimate of drug-likeness (QED) is 0.259. The molecule has 4 aromatic rings. The molecule has 0 saturated carbocycles. The van der Waals surface area contributed by atoms with Gasteiger partial charge in [0.25, 0.3) is 11.8 Å². The number of nitrogens with two attached hydrogens (primary N) is 2. The molecule has 0 radical (unpaired) electrons. The smallest absolute Gasteiger partial charge is 0.273 e. The van der Waals surface area contributed by atoms with Crippen molar-refractivity contribution in [2.24, 2.45) is 5.73 Å². The zero-order valence-corrected chi connectivity index (χ0v) is 23.2. The number of hydrogen-bond acceptors (Lipinski definition) is 9. The number of ether oxygens (including phenoxy) is 2. The van der Waals surface area contributed by atoms with Gasteiger partial charge >= 0.3 is 0 Å². The molecule has 1 fully saturated rings. The second-order valence-electron chi connectivity index (χ2n) is 9.45. The van der Waals surface area contributed by atoms with E-state index in [2.05, 4.69) is 14.7 Å². The summed E-state index contributed by atoms with van der Waals surface area (Å²) in [6, 6.07) is 14.8. The topological polar surface area (TPSA) is 163 Å². The van der Waals surface area contributed by atoms with E-state index < -0.39 is 23.8 Å². The van der Waals surface area contributed by atoms with Crippen molar-refractivity contribution in [1.29, 1.82) is 0 Å². The van der Waals surface area contributed by atoms with Crippen LogP contribution in [0.1, 0.15) is 51.5 Å². The van der Waals surface area contributed by atoms with Crippen molar-refractivity contribution in [1.82, 2.24) is 14.7 Å². The number of primary amides is 1. The Morgan fingerprint density at radius 2 is 2.02 bits per heavy atom. The molecule has 3 amide bonds. The van der Waals surface area contributed by atoms with Gasteiger partial charge < -0.3 is 26.3 Å². The minimum atomic E-state index is -1.16. The Hall–Kier alpha value is -4.55. The highest BCUT2D eigenvalue weighted by molar-refractivity contribution is 7.09. The molecular formula is C29H30N6O5S. The second-order valence-corrected chi connectivity index (χ2v) is 10.2. The van der Waals surface area contributed by atoms with Crippen LogP contribution in [0.4, 0.5) is 11.4 Å². The van der Waals surface area contributed by atoms with Gasteiger partial charge in [-0.1, -0.05) is 24.3 Å². The van der Waals surface area contributed by atoms with Crippen molar-refractivity contribution < 1.29 is 23.9 Å². The highest BCUT2D eigenvalue weighted by Crippen LogP contribution is 2.38. The monoisotopic (exact) mass is 574 g/mol. The molecule has 1 aliphatic rings. The van der Waals surface area contributed by atoms with Crippen LogP contribution in [-0.2, 0) is 9.53 Å². The zero-order valence-electron chi connectivity index (χ0n) is 22.4. The van der Waals surface area contributed by atoms with Gasteiger partial charge in [-0.15, -0.1) is 0 Å². The summed E-state index contributed by atoms with van der Waals surface area (Å²) in [5, 5.41) is 3.78. The first-order valence-corrected chi connectivity index (χ1v) is 14.0. The first-order chi connectivity index (χ1) is 19.9. The van der Waals surface area contributed by atoms with Crippen molar-refractivity contribution in [2.45, 2.75) is 31.9 Å². The second kappa shape index (κ2) is 12.3. The minimum Gasteiger partial charge on any atom is -0.492 e. The standard InChI is InChI=1S/C29H30N6O5S/c1-2-39-22-10-4-3-9-21(22)35(29(38)26-23(30)24(27(31)36)34-41-26)25(28(37)33-16-19-8-6-14-40-19)18-11-12-20-17(15-18)7-5-13-32-20/h3-5,7,9-13,15,19,25H,2,6,8,14,16,30H2,1H3,(H2,31,36)(H,33,37)/t19-,25-/m1/s1. The van der Waals surface area contributed by atoms with Crippen LogP contribution in [0.2, 0.25) is 0 Å². The van der Waals surface area contributed by atoms with E-state index in [9.17, 15) is 14.4 Å². The van der Waals surface area contributed by atoms with E-state index in [0.29, 0.717) is 30.2 Å². The highest BCUT2D eigenvalue weighted by Gasteiger charge is 2.37. The number of carbonyl (C=O) groups is 3. The predicted molar refractivity (Wildman–Crippen MR) is 156 cm³/mol. The molecule has 41 heavy (non-hydrogen) atoms. The number of anilines is 2. The number of hydrogen-bond donors (Lipinski definition) is 3. The minimum absolute atomic E-state index is 0.0236. The SMILES string of the molecule is CCOc1ccccc1N(C(=O)c1snc(C(N)=O)c1N)[C@@H](C(=O)NC[C@H]1CCCO1)c1ccc2ncccc2c1. The largest absolute Gasteiger partial charge is 0.492 e. The molecule has 212 valence electrons. The van der Waals surface area contributed by atoms with Crippen LogP contribution in [0.15, 0.2) is 60.8 Å². The van der Waals surface area contributed by atoms with Crippen molar-refractivity contribution in [3.63, 3.8) is 0 Å². The first-order valence-electron chi connectivity index (χ1n) is 13.2. The molecule has 11 nitrogen and oxygen atoms in total. The van der Waals surface area contributed by atoms with Crippen molar-refractivity contribution in [3.8, 4) is 5.75 Å². The van der Waals surface area contributed by atoms with Crippen LogP contribution < -0.4 is 26.4 Å². The normalized spacial score (nSPS) is 15.4. The molecule has 5 N–H and O–H groups in total. The fraction of sp³-hybridized carbons (Fsp3) is 0.276. The third kappa shape index (κ3) is 5.83. The highest BCUT2D eigenvalue weighted by atomic mass is 32.1. The van der Waals surface area contributed by atoms with Gasteiger partial charge in [-0.25, -0.2) is 0 Å². The molecule has 0 spiro atoms. The van der Waals surface area contributed by atoms with E-state index in [1.807, 2.05) is 19.1 Å². The van der Waals surface area contributed by atoms with Crippen LogP contribution in [0.5, 0.6) is 5.75 Å². The average molecular weight is 575 g/mol. The number of benzene rings is 2. The molecule has 3 heterocycles. The van der Waals surface area contributed by atoms with E-state index in [1.54, 1.807) is 48.7 Å². The number of para-hydroxylation sites is 2. The number of nitrogens with one attached hydrogen (secondary N) is 1. The van der Waals surface area contributed by atoms with Crippen molar-refractivity contribution >= 4 is 51.5 Å². The molecule has 2 atom stereocenters.